The van der Waals surface area contributed by atoms with Crippen LogP contribution in [0.25, 0.3) is 0 Å². The maximum absolute atomic E-state index is 12.3. The van der Waals surface area contributed by atoms with E-state index in [1.807, 2.05) is 11.8 Å². The average molecular weight is 275 g/mol. The minimum Gasteiger partial charge on any atom is -0.508 e. The summed E-state index contributed by atoms with van der Waals surface area (Å²) in [4.78, 5) is 16.6. The summed E-state index contributed by atoms with van der Waals surface area (Å²) in [5.41, 5.74) is 1.37. The molecule has 2 fully saturated rings. The Morgan fingerprint density at radius 2 is 2.00 bits per heavy atom. The standard InChI is InChI=1S/C15H21N3O2/c1-11-2-3-12(8-14(11)19)15(20)18-9-13(10-18)17-6-4-16-5-7-17/h2-3,8,13,16,19H,4-7,9-10H2,1H3. The van der Waals surface area contributed by atoms with E-state index < -0.39 is 0 Å². The lowest BCUT2D eigenvalue weighted by Crippen LogP contribution is -2.63. The van der Waals surface area contributed by atoms with Crippen molar-refractivity contribution >= 4 is 5.91 Å². The van der Waals surface area contributed by atoms with Crippen molar-refractivity contribution in [2.75, 3.05) is 39.3 Å². The van der Waals surface area contributed by atoms with Crippen LogP contribution in [0.1, 0.15) is 15.9 Å². The number of carbonyl (C=O) groups excluding carboxylic acids is 1. The van der Waals surface area contributed by atoms with Gasteiger partial charge < -0.3 is 15.3 Å². The molecular weight excluding hydrogens is 254 g/mol. The number of benzene rings is 1. The number of rotatable bonds is 2. The number of aryl methyl sites for hydroxylation is 1. The lowest BCUT2D eigenvalue weighted by molar-refractivity contribution is 0.0227. The summed E-state index contributed by atoms with van der Waals surface area (Å²) < 4.78 is 0. The summed E-state index contributed by atoms with van der Waals surface area (Å²) >= 11 is 0. The van der Waals surface area contributed by atoms with Crippen LogP contribution < -0.4 is 5.32 Å². The molecule has 1 aromatic carbocycles. The maximum Gasteiger partial charge on any atom is 0.254 e. The molecule has 2 aliphatic heterocycles. The molecule has 0 bridgehead atoms. The molecule has 2 N–H and O–H groups in total. The van der Waals surface area contributed by atoms with Gasteiger partial charge in [-0.3, -0.25) is 9.69 Å². The molecule has 1 amide bonds. The number of hydrogen-bond donors (Lipinski definition) is 2. The Morgan fingerprint density at radius 3 is 2.65 bits per heavy atom. The number of hydrogen-bond acceptors (Lipinski definition) is 4. The van der Waals surface area contributed by atoms with Gasteiger partial charge in [-0.1, -0.05) is 6.07 Å². The second kappa shape index (κ2) is 5.42. The van der Waals surface area contributed by atoms with Crippen LogP contribution in [0.2, 0.25) is 0 Å². The molecule has 2 saturated heterocycles. The Bertz CT molecular complexity index is 506. The van der Waals surface area contributed by atoms with E-state index in [4.69, 9.17) is 0 Å². The molecule has 5 nitrogen and oxygen atoms in total. The monoisotopic (exact) mass is 275 g/mol. The van der Waals surface area contributed by atoms with Crippen molar-refractivity contribution < 1.29 is 9.90 Å². The molecular formula is C15H21N3O2. The number of carbonyl (C=O) groups is 1. The van der Waals surface area contributed by atoms with E-state index in [2.05, 4.69) is 10.2 Å². The number of amides is 1. The zero-order valence-corrected chi connectivity index (χ0v) is 11.8. The van der Waals surface area contributed by atoms with E-state index in [0.29, 0.717) is 11.6 Å². The minimum absolute atomic E-state index is 0.0201. The van der Waals surface area contributed by atoms with Crippen LogP contribution in [0.15, 0.2) is 18.2 Å². The van der Waals surface area contributed by atoms with Gasteiger partial charge in [-0.05, 0) is 24.6 Å². The zero-order chi connectivity index (χ0) is 14.1. The first-order chi connectivity index (χ1) is 9.65. The summed E-state index contributed by atoms with van der Waals surface area (Å²) in [5.74, 6) is 0.210. The predicted octanol–water partition coefficient (Wildman–Crippen LogP) is 0.430. The molecule has 0 spiro atoms. The van der Waals surface area contributed by atoms with Gasteiger partial charge in [0.05, 0.1) is 0 Å². The highest BCUT2D eigenvalue weighted by Gasteiger charge is 2.35. The van der Waals surface area contributed by atoms with Gasteiger partial charge in [0, 0.05) is 50.9 Å². The third kappa shape index (κ3) is 2.51. The number of phenols is 1. The summed E-state index contributed by atoms with van der Waals surface area (Å²) in [5, 5.41) is 13.0. The van der Waals surface area contributed by atoms with Crippen LogP contribution in [-0.2, 0) is 0 Å². The molecule has 108 valence electrons. The predicted molar refractivity (Wildman–Crippen MR) is 77.0 cm³/mol. The smallest absolute Gasteiger partial charge is 0.254 e. The van der Waals surface area contributed by atoms with E-state index in [9.17, 15) is 9.90 Å². The van der Waals surface area contributed by atoms with Crippen molar-refractivity contribution in [2.24, 2.45) is 0 Å². The number of piperazine rings is 1. The summed E-state index contributed by atoms with van der Waals surface area (Å²) in [6.45, 7) is 7.64. The number of phenolic OH excluding ortho intramolecular Hbond substituents is 1. The summed E-state index contributed by atoms with van der Waals surface area (Å²) in [6.07, 6.45) is 0. The van der Waals surface area contributed by atoms with Gasteiger partial charge in [0.25, 0.3) is 5.91 Å². The van der Waals surface area contributed by atoms with Crippen molar-refractivity contribution in [3.8, 4) is 5.75 Å². The van der Waals surface area contributed by atoms with Gasteiger partial charge in [-0.15, -0.1) is 0 Å². The molecule has 0 aliphatic carbocycles. The van der Waals surface area contributed by atoms with Crippen LogP contribution >= 0.6 is 0 Å². The number of aromatic hydroxyl groups is 1. The van der Waals surface area contributed by atoms with Gasteiger partial charge in [-0.2, -0.15) is 0 Å². The fourth-order valence-corrected chi connectivity index (χ4v) is 2.82. The first kappa shape index (κ1) is 13.4. The SMILES string of the molecule is Cc1ccc(C(=O)N2CC(N3CCNCC3)C2)cc1O. The van der Waals surface area contributed by atoms with Crippen molar-refractivity contribution in [3.05, 3.63) is 29.3 Å². The number of nitrogens with one attached hydrogen (secondary N) is 1. The van der Waals surface area contributed by atoms with Crippen LogP contribution in [0.5, 0.6) is 5.75 Å². The molecule has 1 aromatic rings. The lowest BCUT2D eigenvalue weighted by Gasteiger charge is -2.46. The van der Waals surface area contributed by atoms with Gasteiger partial charge >= 0.3 is 0 Å². The van der Waals surface area contributed by atoms with Crippen molar-refractivity contribution in [1.82, 2.24) is 15.1 Å². The highest BCUT2D eigenvalue weighted by atomic mass is 16.3. The fraction of sp³-hybridized carbons (Fsp3) is 0.533. The third-order valence-corrected chi connectivity index (χ3v) is 4.27. The van der Waals surface area contributed by atoms with Gasteiger partial charge in [-0.25, -0.2) is 0 Å². The van der Waals surface area contributed by atoms with Crippen molar-refractivity contribution in [3.63, 3.8) is 0 Å². The molecule has 0 unspecified atom stereocenters. The molecule has 0 atom stereocenters. The highest BCUT2D eigenvalue weighted by Crippen LogP contribution is 2.22. The first-order valence-electron chi connectivity index (χ1n) is 7.19. The van der Waals surface area contributed by atoms with Gasteiger partial charge in [0.1, 0.15) is 5.75 Å². The van der Waals surface area contributed by atoms with E-state index >= 15 is 0 Å². The first-order valence-corrected chi connectivity index (χ1v) is 7.19. The molecule has 0 saturated carbocycles. The van der Waals surface area contributed by atoms with E-state index in [0.717, 1.165) is 44.8 Å². The average Bonchev–Trinajstić information content (AvgIpc) is 2.41. The minimum atomic E-state index is 0.0201. The Hall–Kier alpha value is -1.59. The Morgan fingerprint density at radius 1 is 1.30 bits per heavy atom. The molecule has 3 rings (SSSR count). The highest BCUT2D eigenvalue weighted by molar-refractivity contribution is 5.95. The molecule has 0 aromatic heterocycles. The van der Waals surface area contributed by atoms with Crippen LogP contribution in [-0.4, -0.2) is 66.1 Å². The third-order valence-electron chi connectivity index (χ3n) is 4.27. The Labute approximate surface area is 119 Å². The van der Waals surface area contributed by atoms with E-state index in [1.165, 1.54) is 0 Å². The molecule has 5 heteroatoms. The molecule has 2 heterocycles. The van der Waals surface area contributed by atoms with Crippen LogP contribution in [0, 0.1) is 6.92 Å². The molecule has 20 heavy (non-hydrogen) atoms. The number of nitrogens with zero attached hydrogens (tertiary/aromatic N) is 2. The van der Waals surface area contributed by atoms with Gasteiger partial charge in [0.15, 0.2) is 0 Å². The van der Waals surface area contributed by atoms with Crippen LogP contribution in [0.3, 0.4) is 0 Å². The Balaban J connectivity index is 1.58. The largest absolute Gasteiger partial charge is 0.508 e. The molecule has 2 aliphatic rings. The van der Waals surface area contributed by atoms with E-state index in [-0.39, 0.29) is 11.7 Å². The van der Waals surface area contributed by atoms with E-state index in [1.54, 1.807) is 18.2 Å². The molecule has 0 radical (unpaired) electrons. The van der Waals surface area contributed by atoms with Crippen LogP contribution in [0.4, 0.5) is 0 Å². The second-order valence-corrected chi connectivity index (χ2v) is 5.65. The topological polar surface area (TPSA) is 55.8 Å². The number of likely N-dealkylation sites (tertiary alicyclic amines) is 1. The summed E-state index contributed by atoms with van der Waals surface area (Å²) in [7, 11) is 0. The van der Waals surface area contributed by atoms with Crippen molar-refractivity contribution in [1.29, 1.82) is 0 Å². The van der Waals surface area contributed by atoms with Crippen molar-refractivity contribution in [2.45, 2.75) is 13.0 Å². The fourth-order valence-electron chi connectivity index (χ4n) is 2.82. The quantitative estimate of drug-likeness (QED) is 0.822. The zero-order valence-electron chi connectivity index (χ0n) is 11.8. The lowest BCUT2D eigenvalue weighted by atomic mass is 10.0. The normalized spacial score (nSPS) is 20.8. The second-order valence-electron chi connectivity index (χ2n) is 5.65. The maximum atomic E-state index is 12.3. The summed E-state index contributed by atoms with van der Waals surface area (Å²) in [6, 6.07) is 5.64. The Kier molecular flexibility index (Phi) is 3.63. The van der Waals surface area contributed by atoms with Gasteiger partial charge in [0.2, 0.25) is 0 Å².